The zero-order valence-electron chi connectivity index (χ0n) is 18.4. The number of carbonyl (C=O) groups excluding carboxylic acids is 2. The van der Waals surface area contributed by atoms with Crippen molar-refractivity contribution in [2.75, 3.05) is 11.9 Å². The molecule has 34 heavy (non-hydrogen) atoms. The van der Waals surface area contributed by atoms with Crippen molar-refractivity contribution in [3.8, 4) is 17.4 Å². The van der Waals surface area contributed by atoms with E-state index in [2.05, 4.69) is 10.3 Å². The number of thiazole rings is 1. The van der Waals surface area contributed by atoms with Crippen LogP contribution in [0.15, 0.2) is 70.7 Å². The summed E-state index contributed by atoms with van der Waals surface area (Å²) in [7, 11) is 0. The number of fused-ring (bicyclic) bond motifs is 1. The van der Waals surface area contributed by atoms with Gasteiger partial charge in [0.25, 0.3) is 5.91 Å². The number of benzene rings is 2. The summed E-state index contributed by atoms with van der Waals surface area (Å²) in [5, 5.41) is 12.6. The molecule has 0 bridgehead atoms. The van der Waals surface area contributed by atoms with Gasteiger partial charge in [-0.25, -0.2) is 9.78 Å². The SMILES string of the molecule is CCCCOC(=O)c1ccc(-c2ccc(/C=C(\C#N)C(=O)Nc3nc4ccccc4s3)o2)cc1. The van der Waals surface area contributed by atoms with Crippen LogP contribution in [0.25, 0.3) is 27.6 Å². The number of para-hydroxylation sites is 1. The third-order valence-electron chi connectivity index (χ3n) is 4.93. The molecule has 1 amide bonds. The number of nitrogens with one attached hydrogen (secondary N) is 1. The molecule has 0 fully saturated rings. The lowest BCUT2D eigenvalue weighted by molar-refractivity contribution is -0.112. The molecular weight excluding hydrogens is 450 g/mol. The Balaban J connectivity index is 1.44. The van der Waals surface area contributed by atoms with Gasteiger partial charge in [-0.05, 0) is 42.8 Å². The van der Waals surface area contributed by atoms with Crippen molar-refractivity contribution < 1.29 is 18.7 Å². The number of ether oxygens (including phenoxy) is 1. The first-order chi connectivity index (χ1) is 16.6. The molecule has 0 aliphatic carbocycles. The molecular formula is C26H21N3O4S. The summed E-state index contributed by atoms with van der Waals surface area (Å²) in [6, 6.07) is 19.7. The van der Waals surface area contributed by atoms with E-state index in [0.717, 1.165) is 28.6 Å². The molecule has 8 heteroatoms. The molecule has 0 atom stereocenters. The molecule has 0 saturated carbocycles. The molecule has 0 unspecified atom stereocenters. The van der Waals surface area contributed by atoms with Gasteiger partial charge in [-0.3, -0.25) is 10.1 Å². The number of amides is 1. The maximum atomic E-state index is 12.6. The van der Waals surface area contributed by atoms with Gasteiger partial charge in [-0.1, -0.05) is 48.9 Å². The number of nitriles is 1. The van der Waals surface area contributed by atoms with E-state index < -0.39 is 5.91 Å². The predicted molar refractivity (Wildman–Crippen MR) is 131 cm³/mol. The van der Waals surface area contributed by atoms with E-state index in [0.29, 0.717) is 28.8 Å². The highest BCUT2D eigenvalue weighted by atomic mass is 32.1. The van der Waals surface area contributed by atoms with Crippen LogP contribution in [0.3, 0.4) is 0 Å². The summed E-state index contributed by atoms with van der Waals surface area (Å²) in [5.74, 6) is -0.0265. The fourth-order valence-corrected chi connectivity index (χ4v) is 3.99. The molecule has 0 aliphatic rings. The average Bonchev–Trinajstić information content (AvgIpc) is 3.49. The molecule has 2 aromatic heterocycles. The minimum absolute atomic E-state index is 0.106. The van der Waals surface area contributed by atoms with E-state index in [-0.39, 0.29) is 11.5 Å². The molecule has 2 heterocycles. The lowest BCUT2D eigenvalue weighted by Crippen LogP contribution is -2.13. The number of aromatic nitrogens is 1. The fourth-order valence-electron chi connectivity index (χ4n) is 3.13. The summed E-state index contributed by atoms with van der Waals surface area (Å²) in [5.41, 5.74) is 1.89. The number of unbranched alkanes of at least 4 members (excludes halogenated alkanes) is 1. The Morgan fingerprint density at radius 2 is 1.94 bits per heavy atom. The smallest absolute Gasteiger partial charge is 0.338 e. The minimum Gasteiger partial charge on any atom is -0.462 e. The molecule has 0 spiro atoms. The Bertz CT molecular complexity index is 1360. The Morgan fingerprint density at radius 1 is 1.15 bits per heavy atom. The number of nitrogens with zero attached hydrogens (tertiary/aromatic N) is 2. The second-order valence-corrected chi connectivity index (χ2v) is 8.41. The Labute approximate surface area is 200 Å². The average molecular weight is 472 g/mol. The lowest BCUT2D eigenvalue weighted by Gasteiger charge is -2.04. The Morgan fingerprint density at radius 3 is 2.68 bits per heavy atom. The largest absolute Gasteiger partial charge is 0.462 e. The Hall–Kier alpha value is -4.22. The van der Waals surface area contributed by atoms with Crippen LogP contribution < -0.4 is 5.32 Å². The monoisotopic (exact) mass is 471 g/mol. The summed E-state index contributed by atoms with van der Waals surface area (Å²) in [6.45, 7) is 2.43. The van der Waals surface area contributed by atoms with Gasteiger partial charge in [0.1, 0.15) is 23.2 Å². The van der Waals surface area contributed by atoms with Crippen molar-refractivity contribution >= 4 is 44.6 Å². The molecule has 170 valence electrons. The van der Waals surface area contributed by atoms with E-state index in [9.17, 15) is 14.9 Å². The van der Waals surface area contributed by atoms with Crippen molar-refractivity contribution in [2.45, 2.75) is 19.8 Å². The number of furan rings is 1. The summed E-state index contributed by atoms with van der Waals surface area (Å²) in [4.78, 5) is 29.0. The van der Waals surface area contributed by atoms with Crippen molar-refractivity contribution in [3.63, 3.8) is 0 Å². The van der Waals surface area contributed by atoms with E-state index in [1.54, 1.807) is 36.4 Å². The zero-order valence-corrected chi connectivity index (χ0v) is 19.2. The van der Waals surface area contributed by atoms with Crippen molar-refractivity contribution in [2.24, 2.45) is 0 Å². The van der Waals surface area contributed by atoms with Gasteiger partial charge in [-0.15, -0.1) is 0 Å². The first-order valence-corrected chi connectivity index (χ1v) is 11.5. The molecule has 0 aliphatic heterocycles. The van der Waals surface area contributed by atoms with Crippen molar-refractivity contribution in [1.29, 1.82) is 5.26 Å². The van der Waals surface area contributed by atoms with Crippen molar-refractivity contribution in [3.05, 3.63) is 77.6 Å². The number of anilines is 1. The highest BCUT2D eigenvalue weighted by Crippen LogP contribution is 2.27. The van der Waals surface area contributed by atoms with Crippen LogP contribution in [0.2, 0.25) is 0 Å². The normalized spacial score (nSPS) is 11.2. The van der Waals surface area contributed by atoms with Gasteiger partial charge in [0.05, 0.1) is 22.4 Å². The van der Waals surface area contributed by atoms with Crippen LogP contribution in [0, 0.1) is 11.3 Å². The molecule has 1 N–H and O–H groups in total. The molecule has 2 aromatic carbocycles. The van der Waals surface area contributed by atoms with E-state index in [4.69, 9.17) is 9.15 Å². The van der Waals surface area contributed by atoms with Crippen LogP contribution in [0.5, 0.6) is 0 Å². The molecule has 7 nitrogen and oxygen atoms in total. The highest BCUT2D eigenvalue weighted by molar-refractivity contribution is 7.22. The van der Waals surface area contributed by atoms with E-state index in [1.165, 1.54) is 17.4 Å². The number of rotatable bonds is 8. The number of esters is 1. The molecule has 0 saturated heterocycles. The quantitative estimate of drug-likeness (QED) is 0.145. The van der Waals surface area contributed by atoms with Crippen LogP contribution in [-0.4, -0.2) is 23.5 Å². The Kier molecular flexibility index (Phi) is 7.16. The first-order valence-electron chi connectivity index (χ1n) is 10.7. The highest BCUT2D eigenvalue weighted by Gasteiger charge is 2.14. The van der Waals surface area contributed by atoms with Gasteiger partial charge in [0.2, 0.25) is 0 Å². The van der Waals surface area contributed by atoms with E-state index in [1.807, 2.05) is 37.3 Å². The standard InChI is InChI=1S/C26H21N3O4S/c1-2-3-14-32-25(31)18-10-8-17(9-11-18)22-13-12-20(33-22)15-19(16-27)24(30)29-26-28-21-6-4-5-7-23(21)34-26/h4-13,15H,2-3,14H2,1H3,(H,28,29,30)/b19-15+. The topological polar surface area (TPSA) is 105 Å². The maximum absolute atomic E-state index is 12.6. The fraction of sp³-hybridized carbons (Fsp3) is 0.154. The van der Waals surface area contributed by atoms with E-state index >= 15 is 0 Å². The third-order valence-corrected chi connectivity index (χ3v) is 5.88. The lowest BCUT2D eigenvalue weighted by atomic mass is 10.1. The number of carbonyl (C=O) groups is 2. The summed E-state index contributed by atoms with van der Waals surface area (Å²) >= 11 is 1.33. The molecule has 0 radical (unpaired) electrons. The van der Waals surface area contributed by atoms with Crippen LogP contribution in [0.1, 0.15) is 35.9 Å². The second-order valence-electron chi connectivity index (χ2n) is 7.38. The molecule has 4 rings (SSSR count). The van der Waals surface area contributed by atoms with Crippen LogP contribution in [-0.2, 0) is 9.53 Å². The number of hydrogen-bond acceptors (Lipinski definition) is 7. The van der Waals surface area contributed by atoms with Gasteiger partial charge in [0, 0.05) is 11.6 Å². The van der Waals surface area contributed by atoms with Crippen molar-refractivity contribution in [1.82, 2.24) is 4.98 Å². The predicted octanol–water partition coefficient (Wildman–Crippen LogP) is 6.06. The zero-order chi connectivity index (χ0) is 23.9. The first kappa shape index (κ1) is 23.0. The summed E-state index contributed by atoms with van der Waals surface area (Å²) < 4.78 is 11.9. The van der Waals surface area contributed by atoms with Crippen LogP contribution in [0.4, 0.5) is 5.13 Å². The third kappa shape index (κ3) is 5.39. The van der Waals surface area contributed by atoms with Gasteiger partial charge < -0.3 is 9.15 Å². The van der Waals surface area contributed by atoms with Gasteiger partial charge >= 0.3 is 5.97 Å². The summed E-state index contributed by atoms with van der Waals surface area (Å²) in [6.07, 6.45) is 3.17. The molecule has 4 aromatic rings. The van der Waals surface area contributed by atoms with Crippen LogP contribution >= 0.6 is 11.3 Å². The second kappa shape index (κ2) is 10.6. The minimum atomic E-state index is -0.564. The van der Waals surface area contributed by atoms with Gasteiger partial charge in [-0.2, -0.15) is 5.26 Å². The number of hydrogen-bond donors (Lipinski definition) is 1. The van der Waals surface area contributed by atoms with Gasteiger partial charge in [0.15, 0.2) is 5.13 Å². The maximum Gasteiger partial charge on any atom is 0.338 e.